The van der Waals surface area contributed by atoms with Gasteiger partial charge in [0, 0.05) is 30.8 Å². The number of fused-ring (bicyclic) bond motifs is 3. The van der Waals surface area contributed by atoms with Crippen molar-refractivity contribution < 1.29 is 32.3 Å². The van der Waals surface area contributed by atoms with Crippen LogP contribution in [0.4, 0.5) is 17.6 Å². The first kappa shape index (κ1) is 29.3. The van der Waals surface area contributed by atoms with E-state index in [2.05, 4.69) is 5.10 Å². The van der Waals surface area contributed by atoms with Gasteiger partial charge in [-0.3, -0.25) is 14.3 Å². The molecule has 3 aliphatic carbocycles. The third-order valence-electron chi connectivity index (χ3n) is 10.4. The summed E-state index contributed by atoms with van der Waals surface area (Å²) in [6.45, 7) is 1.44. The Bertz CT molecular complexity index is 1350. The minimum Gasteiger partial charge on any atom is -0.387 e. The van der Waals surface area contributed by atoms with Gasteiger partial charge in [-0.15, -0.1) is 0 Å². The molecule has 1 aromatic carbocycles. The molecule has 2 aromatic rings. The average molecular weight is 590 g/mol. The van der Waals surface area contributed by atoms with Crippen LogP contribution in [0.5, 0.6) is 0 Å². The van der Waals surface area contributed by atoms with Crippen molar-refractivity contribution in [2.75, 3.05) is 19.8 Å². The Morgan fingerprint density at radius 3 is 2.50 bits per heavy atom. The Balaban J connectivity index is 1.04. The normalized spacial score (nSPS) is 26.6. The van der Waals surface area contributed by atoms with Crippen molar-refractivity contribution in [3.8, 4) is 0 Å². The fourth-order valence-electron chi connectivity index (χ4n) is 7.67. The zero-order chi connectivity index (χ0) is 29.8. The molecule has 1 saturated heterocycles. The molecule has 0 unspecified atom stereocenters. The Hall–Kier alpha value is -2.75. The number of nitrogens with zero attached hydrogens (tertiary/aromatic N) is 3. The highest BCUT2D eigenvalue weighted by Crippen LogP contribution is 2.57. The number of ketones is 1. The van der Waals surface area contributed by atoms with Gasteiger partial charge in [0.25, 0.3) is 5.91 Å². The third-order valence-corrected chi connectivity index (χ3v) is 10.4. The smallest absolute Gasteiger partial charge is 0.387 e. The molecule has 42 heavy (non-hydrogen) atoms. The molecule has 3 fully saturated rings. The van der Waals surface area contributed by atoms with Gasteiger partial charge in [-0.25, -0.2) is 4.39 Å². The van der Waals surface area contributed by atoms with Crippen LogP contribution in [-0.2, 0) is 23.9 Å². The zero-order valence-corrected chi connectivity index (χ0v) is 24.1. The number of aromatic nitrogens is 2. The summed E-state index contributed by atoms with van der Waals surface area (Å²) in [5.41, 5.74) is 1.58. The van der Waals surface area contributed by atoms with Crippen LogP contribution >= 0.6 is 0 Å². The summed E-state index contributed by atoms with van der Waals surface area (Å²) in [5, 5.41) is 14.8. The molecule has 0 bridgehead atoms. The summed E-state index contributed by atoms with van der Waals surface area (Å²) >= 11 is 0. The number of alkyl halides is 4. The Morgan fingerprint density at radius 1 is 1.12 bits per heavy atom. The number of hydrogen-bond acceptors (Lipinski definition) is 4. The fraction of sp³-hybridized carbons (Fsp3) is 0.656. The maximum Gasteiger partial charge on any atom is 0.416 e. The molecule has 228 valence electrons. The predicted molar refractivity (Wildman–Crippen MR) is 148 cm³/mol. The second-order valence-corrected chi connectivity index (χ2v) is 13.1. The lowest BCUT2D eigenvalue weighted by molar-refractivity contribution is -0.138. The van der Waals surface area contributed by atoms with E-state index in [4.69, 9.17) is 0 Å². The minimum absolute atomic E-state index is 0.0710. The number of Topliss-reactive ketones (excluding diaryl/α,β-unsaturated/α-hetero) is 1. The molecule has 4 aliphatic rings. The Morgan fingerprint density at radius 2 is 1.83 bits per heavy atom. The van der Waals surface area contributed by atoms with Gasteiger partial charge in [0.1, 0.15) is 6.67 Å². The van der Waals surface area contributed by atoms with E-state index >= 15 is 0 Å². The van der Waals surface area contributed by atoms with Crippen LogP contribution < -0.4 is 0 Å². The Labute approximate surface area is 243 Å². The quantitative estimate of drug-likeness (QED) is 0.376. The van der Waals surface area contributed by atoms with Gasteiger partial charge in [-0.2, -0.15) is 18.3 Å². The monoisotopic (exact) mass is 589 g/mol. The van der Waals surface area contributed by atoms with Gasteiger partial charge in [0.05, 0.1) is 17.7 Å². The van der Waals surface area contributed by atoms with Gasteiger partial charge < -0.3 is 10.0 Å². The van der Waals surface area contributed by atoms with E-state index < -0.39 is 24.0 Å². The molecule has 2 atom stereocenters. The second kappa shape index (κ2) is 11.1. The van der Waals surface area contributed by atoms with Crippen LogP contribution in [0.2, 0.25) is 0 Å². The lowest BCUT2D eigenvalue weighted by Gasteiger charge is -2.36. The molecule has 6 rings (SSSR count). The maximum absolute atomic E-state index is 13.4. The average Bonchev–Trinajstić information content (AvgIpc) is 3.49. The standard InChI is InChI=1S/C32H39F4N3O3/c1-19-24(3-2-4-26(19)32(34,35)36)21-8-5-20(6-9-21)7-10-23(40)17-39-27-16-22-15-25(22)28(27)29(37-39)30(41)38-13-11-31(42,18-33)12-14-38/h2-4,20-22,25,42H,5-18H2,1H3/t20?,21?,22-,25-/m1/s1. The maximum atomic E-state index is 13.4. The van der Waals surface area contributed by atoms with E-state index in [1.54, 1.807) is 16.5 Å². The van der Waals surface area contributed by atoms with Gasteiger partial charge in [-0.1, -0.05) is 12.1 Å². The number of piperidine rings is 1. The lowest BCUT2D eigenvalue weighted by atomic mass is 9.75. The summed E-state index contributed by atoms with van der Waals surface area (Å²) in [6, 6.07) is 4.47. The molecule has 1 aromatic heterocycles. The van der Waals surface area contributed by atoms with E-state index in [0.29, 0.717) is 35.4 Å². The number of likely N-dealkylation sites (tertiary alicyclic amines) is 1. The Kier molecular flexibility index (Phi) is 7.73. The summed E-state index contributed by atoms with van der Waals surface area (Å²) in [5.74, 6) is 1.19. The molecular formula is C32H39F4N3O3. The zero-order valence-electron chi connectivity index (χ0n) is 24.1. The predicted octanol–water partition coefficient (Wildman–Crippen LogP) is 6.13. The highest BCUT2D eigenvalue weighted by molar-refractivity contribution is 5.95. The number of rotatable bonds is 8. The van der Waals surface area contributed by atoms with Gasteiger partial charge in [0.15, 0.2) is 11.5 Å². The van der Waals surface area contributed by atoms with Crippen LogP contribution in [0.15, 0.2) is 18.2 Å². The summed E-state index contributed by atoms with van der Waals surface area (Å²) in [7, 11) is 0. The molecule has 10 heteroatoms. The lowest BCUT2D eigenvalue weighted by Crippen LogP contribution is -2.48. The van der Waals surface area contributed by atoms with Crippen molar-refractivity contribution in [2.45, 2.75) is 101 Å². The summed E-state index contributed by atoms with van der Waals surface area (Å²) in [4.78, 5) is 28.1. The summed E-state index contributed by atoms with van der Waals surface area (Å²) in [6.07, 6.45) is 2.50. The van der Waals surface area contributed by atoms with E-state index in [1.165, 1.54) is 6.07 Å². The largest absolute Gasteiger partial charge is 0.416 e. The first-order valence-electron chi connectivity index (χ1n) is 15.3. The van der Waals surface area contributed by atoms with Gasteiger partial charge in [-0.05, 0) is 106 Å². The van der Waals surface area contributed by atoms with Crippen LogP contribution in [0.3, 0.4) is 0 Å². The number of hydrogen-bond donors (Lipinski definition) is 1. The van der Waals surface area contributed by atoms with Crippen molar-refractivity contribution in [3.05, 3.63) is 51.8 Å². The second-order valence-electron chi connectivity index (χ2n) is 13.1. The number of carbonyl (C=O) groups excluding carboxylic acids is 2. The van der Waals surface area contributed by atoms with Crippen molar-refractivity contribution in [1.29, 1.82) is 0 Å². The third kappa shape index (κ3) is 5.63. The number of amides is 1. The van der Waals surface area contributed by atoms with E-state index in [9.17, 15) is 32.3 Å². The SMILES string of the molecule is Cc1c(C2CCC(CCC(=O)Cn3nc(C(=O)N4CCC(O)(CF)CC4)c4c3C[C@H]3C[C@@H]43)CC2)cccc1C(F)(F)F. The first-order chi connectivity index (χ1) is 20.0. The van der Waals surface area contributed by atoms with Crippen molar-refractivity contribution >= 4 is 11.7 Å². The highest BCUT2D eigenvalue weighted by Gasteiger charge is 2.51. The van der Waals surface area contributed by atoms with Crippen molar-refractivity contribution in [3.63, 3.8) is 0 Å². The van der Waals surface area contributed by atoms with Crippen LogP contribution in [0, 0.1) is 18.8 Å². The topological polar surface area (TPSA) is 75.4 Å². The number of carbonyl (C=O) groups is 2. The molecule has 1 N–H and O–H groups in total. The molecule has 1 aliphatic heterocycles. The molecule has 6 nitrogen and oxygen atoms in total. The number of halogens is 4. The number of aliphatic hydroxyl groups is 1. The van der Waals surface area contributed by atoms with Gasteiger partial charge >= 0.3 is 6.18 Å². The number of benzene rings is 1. The minimum atomic E-state index is -4.35. The molecule has 0 spiro atoms. The van der Waals surface area contributed by atoms with Crippen molar-refractivity contribution in [1.82, 2.24) is 14.7 Å². The van der Waals surface area contributed by atoms with E-state index in [1.807, 2.05) is 6.07 Å². The molecule has 1 amide bonds. The molecule has 2 heterocycles. The molecule has 0 radical (unpaired) electrons. The van der Waals surface area contributed by atoms with E-state index in [-0.39, 0.29) is 50.1 Å². The van der Waals surface area contributed by atoms with Crippen LogP contribution in [0.25, 0.3) is 0 Å². The first-order valence-corrected chi connectivity index (χ1v) is 15.3. The highest BCUT2D eigenvalue weighted by atomic mass is 19.4. The molecule has 2 saturated carbocycles. The van der Waals surface area contributed by atoms with Crippen LogP contribution in [-0.4, -0.2) is 56.8 Å². The van der Waals surface area contributed by atoms with Gasteiger partial charge in [0.2, 0.25) is 0 Å². The molecular weight excluding hydrogens is 550 g/mol. The van der Waals surface area contributed by atoms with Crippen molar-refractivity contribution in [2.24, 2.45) is 11.8 Å². The fourth-order valence-corrected chi connectivity index (χ4v) is 7.67. The van der Waals surface area contributed by atoms with Crippen LogP contribution in [0.1, 0.15) is 108 Å². The van der Waals surface area contributed by atoms with E-state index in [0.717, 1.165) is 67.8 Å². The summed E-state index contributed by atoms with van der Waals surface area (Å²) < 4.78 is 55.0.